The molecule has 41 heavy (non-hydrogen) atoms. The van der Waals surface area contributed by atoms with Crippen LogP contribution in [0.4, 0.5) is 5.69 Å². The maximum atomic E-state index is 13.7. The molecule has 5 rings (SSSR count). The highest BCUT2D eigenvalue weighted by Crippen LogP contribution is 2.32. The van der Waals surface area contributed by atoms with Crippen molar-refractivity contribution in [2.45, 2.75) is 13.0 Å². The second kappa shape index (κ2) is 11.4. The molecule has 2 aromatic carbocycles. The largest absolute Gasteiger partial charge is 0.458 e. The van der Waals surface area contributed by atoms with E-state index in [-0.39, 0.29) is 29.4 Å². The highest BCUT2D eigenvalue weighted by Gasteiger charge is 2.33. The third-order valence-corrected chi connectivity index (χ3v) is 7.09. The van der Waals surface area contributed by atoms with Crippen LogP contribution < -0.4 is 19.6 Å². The van der Waals surface area contributed by atoms with E-state index in [4.69, 9.17) is 13.9 Å². The Bertz CT molecular complexity index is 1870. The van der Waals surface area contributed by atoms with Gasteiger partial charge in [0.05, 0.1) is 33.0 Å². The molecule has 1 atom stereocenters. The van der Waals surface area contributed by atoms with E-state index in [0.29, 0.717) is 26.2 Å². The molecule has 1 aliphatic rings. The van der Waals surface area contributed by atoms with Gasteiger partial charge in [0.25, 0.3) is 11.2 Å². The van der Waals surface area contributed by atoms with E-state index in [9.17, 15) is 24.5 Å². The molecule has 2 aromatic heterocycles. The quantitative estimate of drug-likeness (QED) is 0.102. The van der Waals surface area contributed by atoms with E-state index in [2.05, 4.69) is 11.6 Å². The molecule has 0 spiro atoms. The van der Waals surface area contributed by atoms with Crippen LogP contribution >= 0.6 is 11.3 Å². The SMILES string of the molecule is C=CCOC(=O)C1=C(C)N=c2s/c(=C\c3ccc([N+](=O)[O-])cc3)c(=O)n2[C@H]1c1ccc(OC(=O)c2ccco2)cc1. The molecule has 0 fully saturated rings. The van der Waals surface area contributed by atoms with Crippen molar-refractivity contribution in [1.82, 2.24) is 4.57 Å². The van der Waals surface area contributed by atoms with Gasteiger partial charge in [0.15, 0.2) is 4.80 Å². The van der Waals surface area contributed by atoms with Crippen LogP contribution in [0.25, 0.3) is 6.08 Å². The van der Waals surface area contributed by atoms with Gasteiger partial charge in [-0.3, -0.25) is 19.5 Å². The fraction of sp³-hybridized carbons (Fsp3) is 0.103. The third-order valence-electron chi connectivity index (χ3n) is 6.10. The van der Waals surface area contributed by atoms with Gasteiger partial charge in [-0.25, -0.2) is 14.6 Å². The van der Waals surface area contributed by atoms with E-state index in [1.807, 2.05) is 0 Å². The number of thiazole rings is 1. The van der Waals surface area contributed by atoms with Gasteiger partial charge in [0.2, 0.25) is 5.76 Å². The third kappa shape index (κ3) is 5.54. The highest BCUT2D eigenvalue weighted by atomic mass is 32.1. The van der Waals surface area contributed by atoms with Crippen molar-refractivity contribution < 1.29 is 28.4 Å². The van der Waals surface area contributed by atoms with Gasteiger partial charge < -0.3 is 13.9 Å². The normalized spacial score (nSPS) is 14.7. The summed E-state index contributed by atoms with van der Waals surface area (Å²) in [4.78, 5) is 54.5. The highest BCUT2D eigenvalue weighted by molar-refractivity contribution is 7.07. The molecule has 3 heterocycles. The molecular formula is C29H21N3O8S. The summed E-state index contributed by atoms with van der Waals surface area (Å²) in [5, 5.41) is 11.0. The molecule has 0 unspecified atom stereocenters. The minimum atomic E-state index is -0.891. The number of non-ortho nitro benzene ring substituents is 1. The molecule has 0 aliphatic carbocycles. The Morgan fingerprint density at radius 3 is 2.51 bits per heavy atom. The molecular weight excluding hydrogens is 550 g/mol. The fourth-order valence-electron chi connectivity index (χ4n) is 4.22. The minimum absolute atomic E-state index is 0.0332. The van der Waals surface area contributed by atoms with Crippen LogP contribution in [-0.2, 0) is 9.53 Å². The van der Waals surface area contributed by atoms with E-state index in [0.717, 1.165) is 11.3 Å². The van der Waals surface area contributed by atoms with Crippen molar-refractivity contribution in [2.75, 3.05) is 6.61 Å². The molecule has 1 aliphatic heterocycles. The Morgan fingerprint density at radius 2 is 1.88 bits per heavy atom. The first-order valence-corrected chi connectivity index (χ1v) is 13.0. The van der Waals surface area contributed by atoms with E-state index >= 15 is 0 Å². The Kier molecular flexibility index (Phi) is 7.57. The van der Waals surface area contributed by atoms with Gasteiger partial charge in [0, 0.05) is 12.1 Å². The number of aromatic nitrogens is 1. The van der Waals surface area contributed by atoms with Gasteiger partial charge in [0.1, 0.15) is 12.4 Å². The summed E-state index contributed by atoms with van der Waals surface area (Å²) in [6.07, 6.45) is 4.40. The molecule has 0 amide bonds. The number of carbonyl (C=O) groups is 2. The van der Waals surface area contributed by atoms with Gasteiger partial charge in [-0.05, 0) is 60.5 Å². The lowest BCUT2D eigenvalue weighted by Gasteiger charge is -2.24. The first-order chi connectivity index (χ1) is 19.8. The monoisotopic (exact) mass is 571 g/mol. The van der Waals surface area contributed by atoms with Crippen LogP contribution in [0.5, 0.6) is 5.75 Å². The second-order valence-corrected chi connectivity index (χ2v) is 9.76. The maximum absolute atomic E-state index is 13.7. The standard InChI is InChI=1S/C29H21N3O8S/c1-3-14-39-28(35)24-17(2)30-29-31(26(33)23(41-29)16-18-6-10-20(11-7-18)32(36)37)25(24)19-8-12-21(13-9-19)40-27(34)22-5-4-15-38-22/h3-13,15-16,25H,1,14H2,2H3/b23-16-/t25-/m0/s1. The first-order valence-electron chi connectivity index (χ1n) is 12.2. The van der Waals surface area contributed by atoms with Gasteiger partial charge in [-0.2, -0.15) is 0 Å². The van der Waals surface area contributed by atoms with Crippen molar-refractivity contribution >= 4 is 35.0 Å². The van der Waals surface area contributed by atoms with Crippen molar-refractivity contribution in [2.24, 2.45) is 4.99 Å². The summed E-state index contributed by atoms with van der Waals surface area (Å²) < 4.78 is 17.5. The van der Waals surface area contributed by atoms with Crippen molar-refractivity contribution in [3.63, 3.8) is 0 Å². The Labute approximate surface area is 235 Å². The minimum Gasteiger partial charge on any atom is -0.458 e. The van der Waals surface area contributed by atoms with Gasteiger partial charge >= 0.3 is 11.9 Å². The average molecular weight is 572 g/mol. The predicted molar refractivity (Wildman–Crippen MR) is 148 cm³/mol. The smallest absolute Gasteiger partial charge is 0.379 e. The zero-order valence-electron chi connectivity index (χ0n) is 21.5. The predicted octanol–water partition coefficient (Wildman–Crippen LogP) is 3.68. The van der Waals surface area contributed by atoms with Crippen molar-refractivity contribution in [1.29, 1.82) is 0 Å². The number of benzene rings is 2. The van der Waals surface area contributed by atoms with Gasteiger partial charge in [-0.15, -0.1) is 0 Å². The first kappa shape index (κ1) is 27.2. The molecule has 206 valence electrons. The van der Waals surface area contributed by atoms with E-state index in [1.54, 1.807) is 55.5 Å². The number of rotatable bonds is 8. The number of nitro benzene ring substituents is 1. The number of ether oxygens (including phenoxy) is 2. The topological polar surface area (TPSA) is 143 Å². The van der Waals surface area contributed by atoms with E-state index < -0.39 is 28.5 Å². The number of carbonyl (C=O) groups excluding carboxylic acids is 2. The van der Waals surface area contributed by atoms with Crippen molar-refractivity contribution in [3.05, 3.63) is 138 Å². The number of nitro groups is 1. The lowest BCUT2D eigenvalue weighted by molar-refractivity contribution is -0.384. The van der Waals surface area contributed by atoms with Gasteiger partial charge in [-0.1, -0.05) is 36.1 Å². The van der Waals surface area contributed by atoms with Crippen LogP contribution in [0.3, 0.4) is 0 Å². The Morgan fingerprint density at radius 1 is 1.15 bits per heavy atom. The maximum Gasteiger partial charge on any atom is 0.379 e. The van der Waals surface area contributed by atoms with Crippen LogP contribution in [0.1, 0.15) is 34.6 Å². The average Bonchev–Trinajstić information content (AvgIpc) is 3.60. The fourth-order valence-corrected chi connectivity index (χ4v) is 5.27. The summed E-state index contributed by atoms with van der Waals surface area (Å²) in [7, 11) is 0. The zero-order chi connectivity index (χ0) is 29.1. The lowest BCUT2D eigenvalue weighted by Crippen LogP contribution is -2.39. The molecule has 0 N–H and O–H groups in total. The Hall–Kier alpha value is -5.36. The molecule has 0 bridgehead atoms. The van der Waals surface area contributed by atoms with Crippen LogP contribution in [0.2, 0.25) is 0 Å². The van der Waals surface area contributed by atoms with Crippen molar-refractivity contribution in [3.8, 4) is 5.75 Å². The molecule has 0 saturated heterocycles. The number of allylic oxidation sites excluding steroid dienone is 1. The summed E-state index contributed by atoms with van der Waals surface area (Å²) in [5.41, 5.74) is 1.20. The number of hydrogen-bond donors (Lipinski definition) is 0. The summed E-state index contributed by atoms with van der Waals surface area (Å²) in [5.74, 6) is -1.06. The number of hydrogen-bond acceptors (Lipinski definition) is 10. The van der Waals surface area contributed by atoms with Crippen LogP contribution in [0.15, 0.2) is 105 Å². The van der Waals surface area contributed by atoms with Crippen LogP contribution in [-0.4, -0.2) is 28.0 Å². The molecule has 4 aromatic rings. The Balaban J connectivity index is 1.57. The molecule has 11 nitrogen and oxygen atoms in total. The number of nitrogens with zero attached hydrogens (tertiary/aromatic N) is 3. The summed E-state index contributed by atoms with van der Waals surface area (Å²) >= 11 is 1.12. The molecule has 0 saturated carbocycles. The zero-order valence-corrected chi connectivity index (χ0v) is 22.3. The van der Waals surface area contributed by atoms with Crippen LogP contribution in [0, 0.1) is 10.1 Å². The summed E-state index contributed by atoms with van der Waals surface area (Å²) in [6.45, 7) is 5.20. The van der Waals surface area contributed by atoms with E-state index in [1.165, 1.54) is 35.1 Å². The molecule has 0 radical (unpaired) electrons. The number of furan rings is 1. The number of fused-ring (bicyclic) bond motifs is 1. The second-order valence-electron chi connectivity index (χ2n) is 8.75. The summed E-state index contributed by atoms with van der Waals surface area (Å²) in [6, 6.07) is 14.3. The molecule has 12 heteroatoms. The number of esters is 2. The lowest BCUT2D eigenvalue weighted by atomic mass is 9.96.